The van der Waals surface area contributed by atoms with Crippen molar-refractivity contribution in [3.8, 4) is 11.6 Å². The van der Waals surface area contributed by atoms with Gasteiger partial charge in [-0.3, -0.25) is 4.79 Å². The zero-order chi connectivity index (χ0) is 31.3. The smallest absolute Gasteiger partial charge is 0.269 e. The highest BCUT2D eigenvalue weighted by atomic mass is 32.1. The number of pyridine rings is 1. The monoisotopic (exact) mass is 624 g/mol. The molecule has 1 N–H and O–H groups in total. The fraction of sp³-hybridized carbons (Fsp3) is 0.516. The van der Waals surface area contributed by atoms with E-state index in [2.05, 4.69) is 72.3 Å². The van der Waals surface area contributed by atoms with Crippen LogP contribution in [0.1, 0.15) is 59.6 Å². The van der Waals surface area contributed by atoms with Crippen LogP contribution in [0.5, 0.6) is 5.88 Å². The van der Waals surface area contributed by atoms with Gasteiger partial charge in [0.1, 0.15) is 17.5 Å². The zero-order valence-electron chi connectivity index (χ0n) is 26.6. The van der Waals surface area contributed by atoms with Gasteiger partial charge in [-0.25, -0.2) is 19.6 Å². The molecule has 2 atom stereocenters. The molecule has 0 aliphatic heterocycles. The van der Waals surface area contributed by atoms with Gasteiger partial charge in [-0.1, -0.05) is 47.6 Å². The summed E-state index contributed by atoms with van der Waals surface area (Å²) < 4.78 is 21.0. The maximum Gasteiger partial charge on any atom is 0.269 e. The Morgan fingerprint density at radius 3 is 2.28 bits per heavy atom. The highest BCUT2D eigenvalue weighted by Gasteiger charge is 2.45. The van der Waals surface area contributed by atoms with Crippen LogP contribution in [0, 0.1) is 13.8 Å². The first kappa shape index (κ1) is 32.7. The Labute approximate surface area is 259 Å². The molecule has 4 aromatic heterocycles. The van der Waals surface area contributed by atoms with Crippen molar-refractivity contribution >= 4 is 42.4 Å². The summed E-state index contributed by atoms with van der Waals surface area (Å²) in [6.45, 7) is 19.9. The summed E-state index contributed by atoms with van der Waals surface area (Å²) >= 11 is 1.59. The minimum absolute atomic E-state index is 0.00884. The van der Waals surface area contributed by atoms with E-state index < -0.39 is 20.3 Å². The number of aromatic nitrogens is 5. The quantitative estimate of drug-likeness (QED) is 0.151. The van der Waals surface area contributed by atoms with Gasteiger partial charge in [-0.2, -0.15) is 5.10 Å². The standard InChI is InChI=1S/C31H44N6O4SSi/c1-19(2)43(20(3)4,21(5)6)40-14-24(9)39-15-27(30(38)36-28-11-10-22(7)12-32-28)41-31-25-13-35-37(29(25)33-18-34-31)26-17-42-16-23(26)8/h10-13,16-21,24,27H,14-15H2,1-9H3,(H,32,36,38). The van der Waals surface area contributed by atoms with Gasteiger partial charge in [0.05, 0.1) is 31.2 Å². The number of rotatable bonds is 14. The number of fused-ring (bicyclic) bond motifs is 1. The van der Waals surface area contributed by atoms with Crippen LogP contribution in [0.15, 0.2) is 41.6 Å². The molecule has 0 saturated carbocycles. The van der Waals surface area contributed by atoms with E-state index in [-0.39, 0.29) is 18.6 Å². The molecule has 0 aliphatic carbocycles. The summed E-state index contributed by atoms with van der Waals surface area (Å²) in [6, 6.07) is 3.64. The van der Waals surface area contributed by atoms with E-state index in [9.17, 15) is 4.79 Å². The van der Waals surface area contributed by atoms with Gasteiger partial charge in [0.2, 0.25) is 12.0 Å². The summed E-state index contributed by atoms with van der Waals surface area (Å²) in [5.41, 5.74) is 4.99. The number of nitrogens with one attached hydrogen (secondary N) is 1. The van der Waals surface area contributed by atoms with Crippen LogP contribution in [-0.4, -0.2) is 64.4 Å². The summed E-state index contributed by atoms with van der Waals surface area (Å²) in [4.78, 5) is 26.7. The first-order chi connectivity index (χ1) is 20.4. The van der Waals surface area contributed by atoms with Gasteiger partial charge in [-0.05, 0) is 60.0 Å². The minimum atomic E-state index is -2.06. The molecule has 4 heterocycles. The predicted molar refractivity (Wildman–Crippen MR) is 174 cm³/mol. The first-order valence-corrected chi connectivity index (χ1v) is 17.9. The second kappa shape index (κ2) is 14.1. The lowest BCUT2D eigenvalue weighted by Gasteiger charge is -2.42. The van der Waals surface area contributed by atoms with E-state index in [1.165, 1.54) is 6.33 Å². The van der Waals surface area contributed by atoms with Gasteiger partial charge in [0.15, 0.2) is 14.0 Å². The number of nitrogens with zero attached hydrogens (tertiary/aromatic N) is 5. The van der Waals surface area contributed by atoms with E-state index in [4.69, 9.17) is 13.9 Å². The number of hydrogen-bond acceptors (Lipinski definition) is 9. The van der Waals surface area contributed by atoms with Crippen LogP contribution in [0.3, 0.4) is 0 Å². The highest BCUT2D eigenvalue weighted by molar-refractivity contribution is 7.08. The third kappa shape index (κ3) is 7.31. The van der Waals surface area contributed by atoms with E-state index in [1.807, 2.05) is 32.2 Å². The molecule has 0 aliphatic rings. The van der Waals surface area contributed by atoms with Crippen molar-refractivity contribution in [3.63, 3.8) is 0 Å². The molecule has 1 amide bonds. The van der Waals surface area contributed by atoms with Crippen molar-refractivity contribution in [1.82, 2.24) is 24.7 Å². The number of hydrogen-bond donors (Lipinski definition) is 1. The zero-order valence-corrected chi connectivity index (χ0v) is 28.4. The Hall–Kier alpha value is -3.19. The molecule has 0 saturated heterocycles. The Morgan fingerprint density at radius 1 is 0.953 bits per heavy atom. The van der Waals surface area contributed by atoms with E-state index in [0.717, 1.165) is 16.8 Å². The van der Waals surface area contributed by atoms with Crippen LogP contribution >= 0.6 is 11.3 Å². The Kier molecular flexibility index (Phi) is 10.7. The molecule has 4 rings (SSSR count). The average Bonchev–Trinajstić information content (AvgIpc) is 3.58. The Bertz CT molecular complexity index is 1480. The van der Waals surface area contributed by atoms with Crippen molar-refractivity contribution in [2.24, 2.45) is 0 Å². The maximum absolute atomic E-state index is 13.5. The fourth-order valence-electron chi connectivity index (χ4n) is 5.77. The molecular weight excluding hydrogens is 581 g/mol. The summed E-state index contributed by atoms with van der Waals surface area (Å²) in [5.74, 6) is 0.280. The molecular formula is C31H44N6O4SSi. The summed E-state index contributed by atoms with van der Waals surface area (Å²) in [5, 5.41) is 12.1. The van der Waals surface area contributed by atoms with Gasteiger partial charge in [0, 0.05) is 11.6 Å². The van der Waals surface area contributed by atoms with Crippen LogP contribution in [0.2, 0.25) is 16.6 Å². The third-order valence-corrected chi connectivity index (χ3v) is 14.8. The van der Waals surface area contributed by atoms with Gasteiger partial charge >= 0.3 is 0 Å². The van der Waals surface area contributed by atoms with Crippen LogP contribution in [-0.2, 0) is 14.0 Å². The molecule has 12 heteroatoms. The number of anilines is 1. The number of aryl methyl sites for hydroxylation is 2. The molecule has 4 aromatic rings. The molecule has 0 spiro atoms. The topological polar surface area (TPSA) is 113 Å². The molecule has 0 radical (unpaired) electrons. The lowest BCUT2D eigenvalue weighted by Crippen LogP contribution is -2.49. The fourth-order valence-corrected chi connectivity index (χ4v) is 12.1. The van der Waals surface area contributed by atoms with Crippen molar-refractivity contribution in [2.75, 3.05) is 18.5 Å². The summed E-state index contributed by atoms with van der Waals surface area (Å²) in [7, 11) is -2.06. The SMILES string of the molecule is Cc1ccc(NC(=O)C(COC(C)CO[Si](C(C)C)(C(C)C)C(C)C)Oc2ncnc3c2cnn3-c2cscc2C)nc1. The van der Waals surface area contributed by atoms with Crippen LogP contribution < -0.4 is 10.1 Å². The van der Waals surface area contributed by atoms with Gasteiger partial charge in [-0.15, -0.1) is 11.3 Å². The lowest BCUT2D eigenvalue weighted by molar-refractivity contribution is -0.127. The molecule has 0 bridgehead atoms. The highest BCUT2D eigenvalue weighted by Crippen LogP contribution is 2.42. The summed E-state index contributed by atoms with van der Waals surface area (Å²) in [6.07, 6.45) is 3.50. The second-order valence-electron chi connectivity index (χ2n) is 12.0. The third-order valence-electron chi connectivity index (χ3n) is 7.90. The van der Waals surface area contributed by atoms with E-state index in [1.54, 1.807) is 34.5 Å². The molecule has 43 heavy (non-hydrogen) atoms. The number of thiophene rings is 1. The number of ether oxygens (including phenoxy) is 2. The largest absolute Gasteiger partial charge is 0.461 e. The number of carbonyl (C=O) groups is 1. The minimum Gasteiger partial charge on any atom is -0.461 e. The second-order valence-corrected chi connectivity index (χ2v) is 18.2. The van der Waals surface area contributed by atoms with Gasteiger partial charge in [0.25, 0.3) is 5.91 Å². The van der Waals surface area contributed by atoms with E-state index in [0.29, 0.717) is 40.1 Å². The number of amides is 1. The van der Waals surface area contributed by atoms with Crippen LogP contribution in [0.4, 0.5) is 5.82 Å². The molecule has 10 nitrogen and oxygen atoms in total. The van der Waals surface area contributed by atoms with Crippen molar-refractivity contribution in [2.45, 2.75) is 91.1 Å². The molecule has 2 unspecified atom stereocenters. The van der Waals surface area contributed by atoms with Crippen LogP contribution in [0.25, 0.3) is 16.7 Å². The Morgan fingerprint density at radius 2 is 1.67 bits per heavy atom. The number of carbonyl (C=O) groups excluding carboxylic acids is 1. The lowest BCUT2D eigenvalue weighted by atomic mass is 10.3. The predicted octanol–water partition coefficient (Wildman–Crippen LogP) is 6.87. The van der Waals surface area contributed by atoms with Crippen molar-refractivity contribution < 1.29 is 18.7 Å². The van der Waals surface area contributed by atoms with E-state index >= 15 is 0 Å². The Balaban J connectivity index is 1.54. The molecule has 0 fully saturated rings. The maximum atomic E-state index is 13.5. The van der Waals surface area contributed by atoms with Crippen molar-refractivity contribution in [3.05, 3.63) is 52.7 Å². The average molecular weight is 625 g/mol. The molecule has 0 aromatic carbocycles. The molecule has 232 valence electrons. The normalized spacial score (nSPS) is 13.7. The van der Waals surface area contributed by atoms with Crippen molar-refractivity contribution in [1.29, 1.82) is 0 Å². The van der Waals surface area contributed by atoms with Gasteiger partial charge < -0.3 is 19.2 Å². The first-order valence-electron chi connectivity index (χ1n) is 14.8.